The molecule has 1 amide bonds. The Hall–Kier alpha value is -2.22. The van der Waals surface area contributed by atoms with Gasteiger partial charge in [0.2, 0.25) is 0 Å². The van der Waals surface area contributed by atoms with E-state index in [1.807, 2.05) is 0 Å². The number of ether oxygens (including phenoxy) is 1. The molecule has 2 aliphatic heterocycles. The van der Waals surface area contributed by atoms with Crippen LogP contribution in [0.4, 0.5) is 16.3 Å². The van der Waals surface area contributed by atoms with E-state index in [2.05, 4.69) is 10.3 Å². The summed E-state index contributed by atoms with van der Waals surface area (Å²) in [5, 5.41) is 13.9. The zero-order valence-electron chi connectivity index (χ0n) is 11.4. The van der Waals surface area contributed by atoms with Gasteiger partial charge in [0.05, 0.1) is 12.2 Å². The molecule has 3 heterocycles. The van der Waals surface area contributed by atoms with Gasteiger partial charge in [0.15, 0.2) is 6.20 Å². The van der Waals surface area contributed by atoms with Crippen LogP contribution in [0.25, 0.3) is 0 Å². The highest BCUT2D eigenvalue weighted by Gasteiger charge is 2.45. The molecule has 0 saturated carbocycles. The Labute approximate surface area is 121 Å². The van der Waals surface area contributed by atoms with Gasteiger partial charge >= 0.3 is 11.9 Å². The minimum atomic E-state index is -0.565. The molecule has 1 aromatic rings. The van der Waals surface area contributed by atoms with E-state index in [0.717, 1.165) is 32.4 Å². The van der Waals surface area contributed by atoms with Crippen LogP contribution in [-0.2, 0) is 4.74 Å². The fraction of sp³-hybridized carbons (Fsp3) is 0.538. The number of nitrogens with zero attached hydrogens (tertiary/aromatic N) is 3. The second-order valence-corrected chi connectivity index (χ2v) is 5.37. The number of nitrogens with one attached hydrogen (secondary N) is 1. The van der Waals surface area contributed by atoms with Crippen molar-refractivity contribution >= 4 is 17.6 Å². The van der Waals surface area contributed by atoms with Gasteiger partial charge in [-0.2, -0.15) is 0 Å². The van der Waals surface area contributed by atoms with Crippen LogP contribution in [0.3, 0.4) is 0 Å². The molecule has 0 aromatic carbocycles. The quantitative estimate of drug-likeness (QED) is 0.654. The third-order valence-corrected chi connectivity index (χ3v) is 3.94. The van der Waals surface area contributed by atoms with Gasteiger partial charge in [0.25, 0.3) is 0 Å². The Morgan fingerprint density at radius 2 is 2.24 bits per heavy atom. The molecular formula is C13H16N4O4. The molecule has 1 unspecified atom stereocenters. The van der Waals surface area contributed by atoms with Crippen molar-refractivity contribution in [2.24, 2.45) is 0 Å². The van der Waals surface area contributed by atoms with Gasteiger partial charge in [-0.1, -0.05) is 0 Å². The fourth-order valence-corrected chi connectivity index (χ4v) is 2.83. The Morgan fingerprint density at radius 1 is 1.38 bits per heavy atom. The Morgan fingerprint density at radius 3 is 2.95 bits per heavy atom. The summed E-state index contributed by atoms with van der Waals surface area (Å²) in [5.74, 6) is -0.236. The van der Waals surface area contributed by atoms with Crippen molar-refractivity contribution in [2.45, 2.75) is 24.9 Å². The van der Waals surface area contributed by atoms with Gasteiger partial charge < -0.3 is 20.2 Å². The van der Waals surface area contributed by atoms with Crippen LogP contribution in [0.5, 0.6) is 0 Å². The fourth-order valence-electron chi connectivity index (χ4n) is 2.83. The molecule has 8 heteroatoms. The monoisotopic (exact) mass is 292 g/mol. The van der Waals surface area contributed by atoms with Crippen molar-refractivity contribution in [3.8, 4) is 0 Å². The van der Waals surface area contributed by atoms with Gasteiger partial charge in [0, 0.05) is 12.5 Å². The number of hydrogen-bond donors (Lipinski definition) is 1. The molecule has 2 saturated heterocycles. The molecule has 1 atom stereocenters. The van der Waals surface area contributed by atoms with Gasteiger partial charge in [-0.25, -0.2) is 4.79 Å². The van der Waals surface area contributed by atoms with Crippen LogP contribution in [0.1, 0.15) is 19.3 Å². The number of anilines is 1. The van der Waals surface area contributed by atoms with Crippen LogP contribution < -0.4 is 10.2 Å². The second kappa shape index (κ2) is 5.28. The normalized spacial score (nSPS) is 25.7. The predicted molar refractivity (Wildman–Crippen MR) is 74.2 cm³/mol. The van der Waals surface area contributed by atoms with E-state index in [1.54, 1.807) is 0 Å². The minimum Gasteiger partial charge on any atom is -0.441 e. The standard InChI is InChI=1S/C13H16N4O4/c18-12-16(10-2-3-11(15-8-10)17(19)20)9-13(21-12)4-1-6-14-7-5-13/h2-3,8,14H,1,4-7,9H2. The summed E-state index contributed by atoms with van der Waals surface area (Å²) in [6.07, 6.45) is 3.48. The molecule has 2 fully saturated rings. The average molecular weight is 292 g/mol. The SMILES string of the molecule is O=C1OC2(CCCNCC2)CN1c1ccc([N+](=O)[O-])nc1. The molecule has 8 nitrogen and oxygen atoms in total. The maximum atomic E-state index is 12.1. The van der Waals surface area contributed by atoms with E-state index in [0.29, 0.717) is 12.2 Å². The van der Waals surface area contributed by atoms with Crippen LogP contribution in [0.2, 0.25) is 0 Å². The van der Waals surface area contributed by atoms with Crippen molar-refractivity contribution < 1.29 is 14.5 Å². The van der Waals surface area contributed by atoms with E-state index < -0.39 is 16.6 Å². The number of nitro groups is 1. The van der Waals surface area contributed by atoms with Crippen molar-refractivity contribution in [3.63, 3.8) is 0 Å². The Kier molecular flexibility index (Phi) is 3.46. The highest BCUT2D eigenvalue weighted by Crippen LogP contribution is 2.34. The maximum absolute atomic E-state index is 12.1. The van der Waals surface area contributed by atoms with Crippen LogP contribution >= 0.6 is 0 Å². The summed E-state index contributed by atoms with van der Waals surface area (Å²) in [6, 6.07) is 2.82. The predicted octanol–water partition coefficient (Wildman–Crippen LogP) is 1.46. The lowest BCUT2D eigenvalue weighted by Crippen LogP contribution is -2.35. The van der Waals surface area contributed by atoms with Gasteiger partial charge in [0.1, 0.15) is 5.60 Å². The molecule has 3 rings (SSSR count). The third kappa shape index (κ3) is 2.66. The first-order valence-electron chi connectivity index (χ1n) is 6.91. The van der Waals surface area contributed by atoms with Crippen LogP contribution in [-0.4, -0.2) is 41.2 Å². The van der Waals surface area contributed by atoms with Crippen molar-refractivity contribution in [1.82, 2.24) is 10.3 Å². The molecular weight excluding hydrogens is 276 g/mol. The lowest BCUT2D eigenvalue weighted by molar-refractivity contribution is -0.389. The largest absolute Gasteiger partial charge is 0.441 e. The number of carbonyl (C=O) groups excluding carboxylic acids is 1. The molecule has 112 valence electrons. The molecule has 0 aliphatic carbocycles. The lowest BCUT2D eigenvalue weighted by atomic mass is 9.95. The number of amides is 1. The van der Waals surface area contributed by atoms with Crippen molar-refractivity contribution in [3.05, 3.63) is 28.4 Å². The smallest absolute Gasteiger partial charge is 0.415 e. The van der Waals surface area contributed by atoms with E-state index in [4.69, 9.17) is 4.74 Å². The molecule has 1 spiro atoms. The molecule has 0 radical (unpaired) electrons. The van der Waals surface area contributed by atoms with Gasteiger partial charge in [-0.3, -0.25) is 4.90 Å². The average Bonchev–Trinajstić information content (AvgIpc) is 2.65. The molecule has 1 aromatic heterocycles. The summed E-state index contributed by atoms with van der Waals surface area (Å²) in [7, 11) is 0. The van der Waals surface area contributed by atoms with Crippen molar-refractivity contribution in [2.75, 3.05) is 24.5 Å². The van der Waals surface area contributed by atoms with E-state index in [-0.39, 0.29) is 5.82 Å². The number of hydrogen-bond acceptors (Lipinski definition) is 6. The molecule has 21 heavy (non-hydrogen) atoms. The molecule has 0 bridgehead atoms. The van der Waals surface area contributed by atoms with Crippen LogP contribution in [0, 0.1) is 10.1 Å². The summed E-state index contributed by atoms with van der Waals surface area (Å²) in [4.78, 5) is 27.4. The minimum absolute atomic E-state index is 0.236. The van der Waals surface area contributed by atoms with Gasteiger partial charge in [-0.05, 0) is 41.9 Å². The first-order valence-corrected chi connectivity index (χ1v) is 6.91. The zero-order chi connectivity index (χ0) is 14.9. The first kappa shape index (κ1) is 13.7. The van der Waals surface area contributed by atoms with E-state index in [9.17, 15) is 14.9 Å². The molecule has 2 aliphatic rings. The second-order valence-electron chi connectivity index (χ2n) is 5.37. The molecule has 1 N–H and O–H groups in total. The number of rotatable bonds is 2. The Balaban J connectivity index is 1.79. The van der Waals surface area contributed by atoms with E-state index in [1.165, 1.54) is 23.2 Å². The number of pyridine rings is 1. The number of carbonyl (C=O) groups is 1. The summed E-state index contributed by atoms with van der Waals surface area (Å²) in [6.45, 7) is 2.21. The van der Waals surface area contributed by atoms with E-state index >= 15 is 0 Å². The topological polar surface area (TPSA) is 97.6 Å². The maximum Gasteiger partial charge on any atom is 0.415 e. The number of aromatic nitrogens is 1. The highest BCUT2D eigenvalue weighted by molar-refractivity contribution is 5.90. The summed E-state index contributed by atoms with van der Waals surface area (Å²) >= 11 is 0. The zero-order valence-corrected chi connectivity index (χ0v) is 11.4. The summed E-state index contributed by atoms with van der Waals surface area (Å²) in [5.41, 5.74) is 0.0715. The summed E-state index contributed by atoms with van der Waals surface area (Å²) < 4.78 is 5.60. The first-order chi connectivity index (χ1) is 10.1. The van der Waals surface area contributed by atoms with Crippen molar-refractivity contribution in [1.29, 1.82) is 0 Å². The Bertz CT molecular complexity index is 552. The van der Waals surface area contributed by atoms with Crippen LogP contribution in [0.15, 0.2) is 18.3 Å². The third-order valence-electron chi connectivity index (χ3n) is 3.94. The highest BCUT2D eigenvalue weighted by atomic mass is 16.6. The van der Waals surface area contributed by atoms with Gasteiger partial charge in [-0.15, -0.1) is 0 Å². The lowest BCUT2D eigenvalue weighted by Gasteiger charge is -2.24.